The van der Waals surface area contributed by atoms with Gasteiger partial charge in [-0.25, -0.2) is 4.39 Å². The van der Waals surface area contributed by atoms with E-state index in [4.69, 9.17) is 9.47 Å². The van der Waals surface area contributed by atoms with Crippen LogP contribution in [-0.2, 0) is 13.0 Å². The molecule has 0 N–H and O–H groups in total. The van der Waals surface area contributed by atoms with E-state index in [1.54, 1.807) is 24.9 Å². The topological polar surface area (TPSA) is 46.9 Å². The standard InChI is InChI=1S/C30H32FN3O3/c1-36-27-19-23(21-34-29(35)11-8-24-4-3-5-28(37-2)30(24)34)18-26(20-27)33-16-14-32(15-17-33)13-12-22-6-9-25(31)10-7-22/h3-11,18-20H,12-17,21H2,1-2H3. The number of anilines is 1. The van der Waals surface area contributed by atoms with Crippen molar-refractivity contribution in [2.24, 2.45) is 0 Å². The third-order valence-corrected chi connectivity index (χ3v) is 7.09. The summed E-state index contributed by atoms with van der Waals surface area (Å²) in [6, 6.07) is 22.2. The van der Waals surface area contributed by atoms with Crippen LogP contribution in [0.15, 0.2) is 77.6 Å². The van der Waals surface area contributed by atoms with Crippen LogP contribution in [0.1, 0.15) is 11.1 Å². The number of ether oxygens (including phenoxy) is 2. The molecule has 1 aliphatic heterocycles. The summed E-state index contributed by atoms with van der Waals surface area (Å²) in [5.41, 5.74) is 3.95. The molecule has 0 atom stereocenters. The van der Waals surface area contributed by atoms with Crippen molar-refractivity contribution < 1.29 is 13.9 Å². The molecule has 6 nitrogen and oxygen atoms in total. The van der Waals surface area contributed by atoms with Crippen LogP contribution in [0, 0.1) is 5.82 Å². The van der Waals surface area contributed by atoms with E-state index in [2.05, 4.69) is 21.9 Å². The summed E-state index contributed by atoms with van der Waals surface area (Å²) in [4.78, 5) is 17.7. The van der Waals surface area contributed by atoms with Gasteiger partial charge >= 0.3 is 0 Å². The summed E-state index contributed by atoms with van der Waals surface area (Å²) in [5, 5.41) is 0.957. The summed E-state index contributed by atoms with van der Waals surface area (Å²) < 4.78 is 26.1. The van der Waals surface area contributed by atoms with Gasteiger partial charge in [0.25, 0.3) is 5.56 Å². The molecule has 1 fully saturated rings. The molecule has 7 heteroatoms. The summed E-state index contributed by atoms with van der Waals surface area (Å²) in [6.45, 7) is 5.07. The van der Waals surface area contributed by atoms with Gasteiger partial charge < -0.3 is 18.9 Å². The molecule has 5 rings (SSSR count). The van der Waals surface area contributed by atoms with Crippen molar-refractivity contribution in [3.05, 3.63) is 100 Å². The average Bonchev–Trinajstić information content (AvgIpc) is 2.94. The highest BCUT2D eigenvalue weighted by atomic mass is 19.1. The number of piperazine rings is 1. The van der Waals surface area contributed by atoms with Crippen molar-refractivity contribution in [3.8, 4) is 11.5 Å². The van der Waals surface area contributed by atoms with Gasteiger partial charge in [0.2, 0.25) is 0 Å². The fourth-order valence-electron chi connectivity index (χ4n) is 5.03. The van der Waals surface area contributed by atoms with E-state index in [0.717, 1.165) is 72.6 Å². The Bertz CT molecular complexity index is 1430. The predicted molar refractivity (Wildman–Crippen MR) is 146 cm³/mol. The van der Waals surface area contributed by atoms with Crippen LogP contribution >= 0.6 is 0 Å². The number of fused-ring (bicyclic) bond motifs is 1. The maximum absolute atomic E-state index is 13.2. The van der Waals surface area contributed by atoms with E-state index in [1.807, 2.05) is 42.5 Å². The SMILES string of the molecule is COc1cc(Cn2c(=O)ccc3cccc(OC)c32)cc(N2CCN(CCc3ccc(F)cc3)CC2)c1. The Labute approximate surface area is 216 Å². The normalized spacial score (nSPS) is 14.2. The van der Waals surface area contributed by atoms with Gasteiger partial charge in [-0.3, -0.25) is 9.69 Å². The molecule has 37 heavy (non-hydrogen) atoms. The smallest absolute Gasteiger partial charge is 0.251 e. The summed E-state index contributed by atoms with van der Waals surface area (Å²) >= 11 is 0. The summed E-state index contributed by atoms with van der Waals surface area (Å²) in [6.07, 6.45) is 0.910. The molecule has 0 spiro atoms. The van der Waals surface area contributed by atoms with Crippen molar-refractivity contribution in [1.29, 1.82) is 0 Å². The number of hydrogen-bond donors (Lipinski definition) is 0. The first-order chi connectivity index (χ1) is 18.0. The molecule has 1 aromatic heterocycles. The predicted octanol–water partition coefficient (Wildman–Crippen LogP) is 4.57. The highest BCUT2D eigenvalue weighted by Gasteiger charge is 2.19. The van der Waals surface area contributed by atoms with Gasteiger partial charge in [0, 0.05) is 55.9 Å². The number of hydrogen-bond acceptors (Lipinski definition) is 5. The Balaban J connectivity index is 1.32. The van der Waals surface area contributed by atoms with Gasteiger partial charge in [-0.2, -0.15) is 0 Å². The van der Waals surface area contributed by atoms with Crippen molar-refractivity contribution in [2.45, 2.75) is 13.0 Å². The zero-order valence-electron chi connectivity index (χ0n) is 21.3. The van der Waals surface area contributed by atoms with Crippen LogP contribution in [0.3, 0.4) is 0 Å². The van der Waals surface area contributed by atoms with E-state index in [1.165, 1.54) is 12.1 Å². The molecule has 0 radical (unpaired) electrons. The summed E-state index contributed by atoms with van der Waals surface area (Å²) in [5.74, 6) is 1.25. The molecular formula is C30H32FN3O3. The Hall–Kier alpha value is -3.84. The molecule has 4 aromatic rings. The van der Waals surface area contributed by atoms with E-state index < -0.39 is 0 Å². The monoisotopic (exact) mass is 501 g/mol. The lowest BCUT2D eigenvalue weighted by atomic mass is 10.1. The third-order valence-electron chi connectivity index (χ3n) is 7.09. The molecule has 1 aliphatic rings. The van der Waals surface area contributed by atoms with E-state index in [-0.39, 0.29) is 11.4 Å². The largest absolute Gasteiger partial charge is 0.497 e. The summed E-state index contributed by atoms with van der Waals surface area (Å²) in [7, 11) is 3.29. The highest BCUT2D eigenvalue weighted by molar-refractivity contribution is 5.85. The minimum Gasteiger partial charge on any atom is -0.497 e. The lowest BCUT2D eigenvalue weighted by Gasteiger charge is -2.36. The number of benzene rings is 3. The first kappa shape index (κ1) is 24.8. The van der Waals surface area contributed by atoms with Gasteiger partial charge in [-0.15, -0.1) is 0 Å². The van der Waals surface area contributed by atoms with E-state index >= 15 is 0 Å². The Morgan fingerprint density at radius 3 is 2.35 bits per heavy atom. The molecule has 0 amide bonds. The minimum atomic E-state index is -0.195. The molecular weight excluding hydrogens is 469 g/mol. The fourth-order valence-corrected chi connectivity index (χ4v) is 5.03. The van der Waals surface area contributed by atoms with Crippen LogP contribution < -0.4 is 19.9 Å². The average molecular weight is 502 g/mol. The maximum Gasteiger partial charge on any atom is 0.251 e. The highest BCUT2D eigenvalue weighted by Crippen LogP contribution is 2.28. The molecule has 0 aliphatic carbocycles. The second-order valence-electron chi connectivity index (χ2n) is 9.40. The Kier molecular flexibility index (Phi) is 7.42. The Morgan fingerprint density at radius 2 is 1.62 bits per heavy atom. The van der Waals surface area contributed by atoms with Gasteiger partial charge in [-0.1, -0.05) is 24.3 Å². The number of methoxy groups -OCH3 is 2. The van der Waals surface area contributed by atoms with Crippen molar-refractivity contribution >= 4 is 16.6 Å². The number of rotatable bonds is 8. The number of pyridine rings is 1. The molecule has 0 bridgehead atoms. The quantitative estimate of drug-likeness (QED) is 0.354. The molecule has 2 heterocycles. The number of aromatic nitrogens is 1. The lowest BCUT2D eigenvalue weighted by molar-refractivity contribution is 0.261. The maximum atomic E-state index is 13.2. The second kappa shape index (κ2) is 11.0. The zero-order chi connectivity index (χ0) is 25.8. The number of nitrogens with zero attached hydrogens (tertiary/aromatic N) is 3. The number of para-hydroxylation sites is 1. The molecule has 0 unspecified atom stereocenters. The van der Waals surface area contributed by atoms with Gasteiger partial charge in [0.15, 0.2) is 0 Å². The van der Waals surface area contributed by atoms with Crippen LogP contribution in [0.25, 0.3) is 10.9 Å². The second-order valence-corrected chi connectivity index (χ2v) is 9.40. The van der Waals surface area contributed by atoms with Crippen molar-refractivity contribution in [1.82, 2.24) is 9.47 Å². The van der Waals surface area contributed by atoms with E-state index in [9.17, 15) is 9.18 Å². The lowest BCUT2D eigenvalue weighted by Crippen LogP contribution is -2.47. The molecule has 0 saturated carbocycles. The van der Waals surface area contributed by atoms with E-state index in [0.29, 0.717) is 12.3 Å². The fraction of sp³-hybridized carbons (Fsp3) is 0.300. The molecule has 192 valence electrons. The van der Waals surface area contributed by atoms with Crippen LogP contribution in [0.2, 0.25) is 0 Å². The first-order valence-corrected chi connectivity index (χ1v) is 12.6. The zero-order valence-corrected chi connectivity index (χ0v) is 21.3. The van der Waals surface area contributed by atoms with Crippen LogP contribution in [-0.4, -0.2) is 56.4 Å². The van der Waals surface area contributed by atoms with Crippen LogP contribution in [0.5, 0.6) is 11.5 Å². The third kappa shape index (κ3) is 5.62. The van der Waals surface area contributed by atoms with Crippen LogP contribution in [0.4, 0.5) is 10.1 Å². The van der Waals surface area contributed by atoms with Gasteiger partial charge in [0.1, 0.15) is 17.3 Å². The van der Waals surface area contributed by atoms with Gasteiger partial charge in [-0.05, 0) is 53.9 Å². The first-order valence-electron chi connectivity index (χ1n) is 12.6. The van der Waals surface area contributed by atoms with Gasteiger partial charge in [0.05, 0.1) is 26.3 Å². The minimum absolute atomic E-state index is 0.0730. The number of halogens is 1. The molecule has 3 aromatic carbocycles. The van der Waals surface area contributed by atoms with Crippen molar-refractivity contribution in [3.63, 3.8) is 0 Å². The Morgan fingerprint density at radius 1 is 0.838 bits per heavy atom. The molecule has 1 saturated heterocycles. The van der Waals surface area contributed by atoms with Crippen molar-refractivity contribution in [2.75, 3.05) is 51.8 Å².